The van der Waals surface area contributed by atoms with Gasteiger partial charge in [-0.2, -0.15) is 11.8 Å². The van der Waals surface area contributed by atoms with Gasteiger partial charge in [-0.05, 0) is 65.9 Å². The van der Waals surface area contributed by atoms with Crippen molar-refractivity contribution in [3.05, 3.63) is 59.7 Å². The molecule has 0 atom stereocenters. The second kappa shape index (κ2) is 9.57. The molecule has 1 saturated heterocycles. The Bertz CT molecular complexity index is 1090. The fourth-order valence-corrected chi connectivity index (χ4v) is 6.80. The smallest absolute Gasteiger partial charge is 0.408 e. The van der Waals surface area contributed by atoms with Gasteiger partial charge in [0.2, 0.25) is 5.91 Å². The molecule has 0 radical (unpaired) electrons. The highest BCUT2D eigenvalue weighted by atomic mass is 32.2. The van der Waals surface area contributed by atoms with Crippen molar-refractivity contribution in [2.24, 2.45) is 0 Å². The minimum absolute atomic E-state index is 0.0575. The fraction of sp³-hybridized carbons (Fsp3) is 0.444. The SMILES string of the molecule is O=C(O)CC1(NC(=O)C2(NC(=O)OCC3c4ccccc4-c4ccccc43)CCC2)CCSCC1. The summed E-state index contributed by atoms with van der Waals surface area (Å²) in [6, 6.07) is 16.3. The largest absolute Gasteiger partial charge is 0.481 e. The zero-order chi connectivity index (χ0) is 24.5. The third kappa shape index (κ3) is 4.63. The number of nitrogens with one attached hydrogen (secondary N) is 2. The second-order valence-electron chi connectivity index (χ2n) is 9.80. The maximum atomic E-state index is 13.3. The number of carbonyl (C=O) groups is 3. The van der Waals surface area contributed by atoms with Gasteiger partial charge in [-0.25, -0.2) is 4.79 Å². The van der Waals surface area contributed by atoms with Crippen molar-refractivity contribution < 1.29 is 24.2 Å². The van der Waals surface area contributed by atoms with Crippen LogP contribution in [-0.2, 0) is 14.3 Å². The zero-order valence-corrected chi connectivity index (χ0v) is 20.4. The van der Waals surface area contributed by atoms with Crippen molar-refractivity contribution in [2.75, 3.05) is 18.1 Å². The van der Waals surface area contributed by atoms with Gasteiger partial charge in [-0.15, -0.1) is 0 Å². The van der Waals surface area contributed by atoms with Crippen molar-refractivity contribution in [1.82, 2.24) is 10.6 Å². The lowest BCUT2D eigenvalue weighted by molar-refractivity contribution is -0.140. The van der Waals surface area contributed by atoms with Crippen LogP contribution in [0.25, 0.3) is 11.1 Å². The number of hydrogen-bond acceptors (Lipinski definition) is 5. The van der Waals surface area contributed by atoms with Crippen LogP contribution in [0.4, 0.5) is 4.79 Å². The first kappa shape index (κ1) is 23.7. The molecule has 8 heteroatoms. The van der Waals surface area contributed by atoms with Crippen LogP contribution in [0.5, 0.6) is 0 Å². The molecule has 0 bridgehead atoms. The fourth-order valence-electron chi connectivity index (χ4n) is 5.53. The number of hydrogen-bond donors (Lipinski definition) is 3. The van der Waals surface area contributed by atoms with E-state index in [-0.39, 0.29) is 24.9 Å². The van der Waals surface area contributed by atoms with Crippen LogP contribution >= 0.6 is 11.8 Å². The van der Waals surface area contributed by atoms with Gasteiger partial charge in [0.1, 0.15) is 12.1 Å². The second-order valence-corrected chi connectivity index (χ2v) is 11.0. The minimum Gasteiger partial charge on any atom is -0.481 e. The number of thioether (sulfide) groups is 1. The predicted molar refractivity (Wildman–Crippen MR) is 134 cm³/mol. The topological polar surface area (TPSA) is 105 Å². The first-order valence-corrected chi connectivity index (χ1v) is 13.3. The number of carboxylic acids is 1. The predicted octanol–water partition coefficient (Wildman–Crippen LogP) is 4.30. The van der Waals surface area contributed by atoms with Crippen LogP contribution in [0.3, 0.4) is 0 Å². The van der Waals surface area contributed by atoms with Crippen LogP contribution in [0.1, 0.15) is 55.6 Å². The molecule has 0 aromatic heterocycles. The van der Waals surface area contributed by atoms with E-state index < -0.39 is 23.1 Å². The summed E-state index contributed by atoms with van der Waals surface area (Å²) in [5.74, 6) is 0.327. The molecule has 5 rings (SSSR count). The molecule has 3 N–H and O–H groups in total. The summed E-state index contributed by atoms with van der Waals surface area (Å²) in [7, 11) is 0. The van der Waals surface area contributed by atoms with Crippen LogP contribution in [0.2, 0.25) is 0 Å². The number of fused-ring (bicyclic) bond motifs is 3. The van der Waals surface area contributed by atoms with E-state index in [9.17, 15) is 19.5 Å². The lowest BCUT2D eigenvalue weighted by Crippen LogP contribution is -2.67. The summed E-state index contributed by atoms with van der Waals surface area (Å²) in [6.07, 6.45) is 2.34. The number of rotatable bonds is 7. The molecule has 1 aliphatic heterocycles. The van der Waals surface area contributed by atoms with Crippen LogP contribution in [-0.4, -0.2) is 52.3 Å². The van der Waals surface area contributed by atoms with Gasteiger partial charge in [0.15, 0.2) is 0 Å². The Morgan fingerprint density at radius 3 is 2.06 bits per heavy atom. The van der Waals surface area contributed by atoms with Gasteiger partial charge in [0.25, 0.3) is 0 Å². The monoisotopic (exact) mass is 494 g/mol. The number of benzene rings is 2. The third-order valence-corrected chi connectivity index (χ3v) is 8.63. The van der Waals surface area contributed by atoms with Crippen molar-refractivity contribution in [3.8, 4) is 11.1 Å². The highest BCUT2D eigenvalue weighted by molar-refractivity contribution is 7.99. The Labute approximate surface area is 209 Å². The van der Waals surface area contributed by atoms with E-state index in [1.54, 1.807) is 11.8 Å². The third-order valence-electron chi connectivity index (χ3n) is 7.64. The van der Waals surface area contributed by atoms with E-state index in [1.807, 2.05) is 24.3 Å². The van der Waals surface area contributed by atoms with E-state index in [2.05, 4.69) is 34.9 Å². The molecule has 3 aliphatic rings. The number of aliphatic carboxylic acids is 1. The van der Waals surface area contributed by atoms with E-state index in [0.717, 1.165) is 40.2 Å². The first-order valence-electron chi connectivity index (χ1n) is 12.2. The van der Waals surface area contributed by atoms with Crippen molar-refractivity contribution in [1.29, 1.82) is 0 Å². The zero-order valence-electron chi connectivity index (χ0n) is 19.5. The van der Waals surface area contributed by atoms with Gasteiger partial charge >= 0.3 is 12.1 Å². The summed E-state index contributed by atoms with van der Waals surface area (Å²) in [5.41, 5.74) is 2.76. The normalized spacial score (nSPS) is 19.5. The van der Waals surface area contributed by atoms with Gasteiger partial charge in [0.05, 0.1) is 12.0 Å². The molecular formula is C27H30N2O5S. The molecule has 184 valence electrons. The highest BCUT2D eigenvalue weighted by Crippen LogP contribution is 2.44. The lowest BCUT2D eigenvalue weighted by Gasteiger charge is -2.45. The lowest BCUT2D eigenvalue weighted by atomic mass is 9.75. The summed E-state index contributed by atoms with van der Waals surface area (Å²) >= 11 is 1.76. The molecule has 2 aromatic rings. The molecule has 2 aromatic carbocycles. The number of ether oxygens (including phenoxy) is 1. The maximum absolute atomic E-state index is 13.3. The average Bonchev–Trinajstić information content (AvgIpc) is 3.14. The standard InChI is InChI=1S/C27H30N2O5S/c30-23(31)16-26(12-14-35-15-13-26)28-24(32)27(10-5-11-27)29-25(33)34-17-22-20-8-3-1-6-18(20)19-7-2-4-9-21(19)22/h1-4,6-9,22H,5,10-17H2,(H,28,32)(H,29,33)(H,30,31). The molecule has 35 heavy (non-hydrogen) atoms. The molecule has 2 amide bonds. The minimum atomic E-state index is -1.04. The van der Waals surface area contributed by atoms with Crippen LogP contribution in [0, 0.1) is 0 Å². The molecule has 1 heterocycles. The summed E-state index contributed by atoms with van der Waals surface area (Å²) < 4.78 is 5.67. The van der Waals surface area contributed by atoms with Crippen molar-refractivity contribution in [2.45, 2.75) is 55.5 Å². The quantitative estimate of drug-likeness (QED) is 0.530. The Morgan fingerprint density at radius 1 is 0.914 bits per heavy atom. The Kier molecular flexibility index (Phi) is 6.49. The molecule has 7 nitrogen and oxygen atoms in total. The van der Waals surface area contributed by atoms with Crippen LogP contribution < -0.4 is 10.6 Å². The molecule has 0 spiro atoms. The highest BCUT2D eigenvalue weighted by Gasteiger charge is 2.49. The van der Waals surface area contributed by atoms with Gasteiger partial charge < -0.3 is 20.5 Å². The Balaban J connectivity index is 1.25. The van der Waals surface area contributed by atoms with Crippen LogP contribution in [0.15, 0.2) is 48.5 Å². The molecule has 1 saturated carbocycles. The molecule has 0 unspecified atom stereocenters. The number of carboxylic acid groups (broad SMARTS) is 1. The number of amides is 2. The van der Waals surface area contributed by atoms with E-state index >= 15 is 0 Å². The summed E-state index contributed by atoms with van der Waals surface area (Å²) in [6.45, 7) is 0.178. The number of carbonyl (C=O) groups excluding carboxylic acids is 2. The Hall–Kier alpha value is -3.00. The molecule has 2 fully saturated rings. The number of alkyl carbamates (subject to hydrolysis) is 1. The van der Waals surface area contributed by atoms with Crippen molar-refractivity contribution >= 4 is 29.7 Å². The Morgan fingerprint density at radius 2 is 1.51 bits per heavy atom. The summed E-state index contributed by atoms with van der Waals surface area (Å²) in [4.78, 5) is 37.7. The molecule has 2 aliphatic carbocycles. The van der Waals surface area contributed by atoms with Gasteiger partial charge in [0, 0.05) is 5.92 Å². The van der Waals surface area contributed by atoms with Crippen molar-refractivity contribution in [3.63, 3.8) is 0 Å². The van der Waals surface area contributed by atoms with E-state index in [4.69, 9.17) is 4.74 Å². The van der Waals surface area contributed by atoms with Gasteiger partial charge in [-0.1, -0.05) is 48.5 Å². The van der Waals surface area contributed by atoms with Gasteiger partial charge in [-0.3, -0.25) is 9.59 Å². The summed E-state index contributed by atoms with van der Waals surface area (Å²) in [5, 5.41) is 15.3. The maximum Gasteiger partial charge on any atom is 0.408 e. The molecular weight excluding hydrogens is 464 g/mol. The van der Waals surface area contributed by atoms with E-state index in [0.29, 0.717) is 25.7 Å². The first-order chi connectivity index (χ1) is 16.9. The average molecular weight is 495 g/mol. The van der Waals surface area contributed by atoms with E-state index in [1.165, 1.54) is 0 Å².